The lowest BCUT2D eigenvalue weighted by Crippen LogP contribution is -2.40. The first-order valence-corrected chi connectivity index (χ1v) is 8.79. The average Bonchev–Trinajstić information content (AvgIpc) is 2.46. The van der Waals surface area contributed by atoms with Crippen molar-refractivity contribution in [1.82, 2.24) is 0 Å². The van der Waals surface area contributed by atoms with Crippen LogP contribution >= 0.6 is 0 Å². The van der Waals surface area contributed by atoms with Crippen molar-refractivity contribution in [2.24, 2.45) is 0 Å². The van der Waals surface area contributed by atoms with E-state index in [0.717, 1.165) is 24.9 Å². The monoisotopic (exact) mass is 292 g/mol. The first-order valence-electron chi connectivity index (χ1n) is 6.83. The van der Waals surface area contributed by atoms with Gasteiger partial charge in [-0.3, -0.25) is 0 Å². The van der Waals surface area contributed by atoms with Gasteiger partial charge in [0.1, 0.15) is 9.84 Å². The summed E-state index contributed by atoms with van der Waals surface area (Å²) in [5, 5.41) is 8.59. The summed E-state index contributed by atoms with van der Waals surface area (Å²) in [5.74, 6) is 0. The third kappa shape index (κ3) is 3.31. The topological polar surface area (TPSA) is 61.2 Å². The van der Waals surface area contributed by atoms with Crippen molar-refractivity contribution in [3.63, 3.8) is 0 Å². The fourth-order valence-corrected chi connectivity index (χ4v) is 4.01. The van der Waals surface area contributed by atoms with Crippen molar-refractivity contribution in [2.75, 3.05) is 18.2 Å². The third-order valence-electron chi connectivity index (χ3n) is 4.16. The van der Waals surface area contributed by atoms with Crippen LogP contribution < -0.4 is 4.90 Å². The lowest BCUT2D eigenvalue weighted by molar-refractivity contribution is 0.422. The smallest absolute Gasteiger partial charge is 0.150 e. The van der Waals surface area contributed by atoms with Gasteiger partial charge >= 0.3 is 0 Å². The van der Waals surface area contributed by atoms with Crippen LogP contribution in [0, 0.1) is 11.3 Å². The number of sulfone groups is 1. The maximum absolute atomic E-state index is 11.7. The van der Waals surface area contributed by atoms with Crippen LogP contribution in [0.4, 0.5) is 5.69 Å². The molecule has 1 aromatic carbocycles. The molecule has 4 nitrogen and oxygen atoms in total. The van der Waals surface area contributed by atoms with Gasteiger partial charge in [-0.25, -0.2) is 8.42 Å². The minimum Gasteiger partial charge on any atom is -0.372 e. The number of benzene rings is 1. The molecule has 2 unspecified atom stereocenters. The van der Waals surface area contributed by atoms with Gasteiger partial charge in [-0.05, 0) is 43.5 Å². The molecule has 0 bridgehead atoms. The Morgan fingerprint density at radius 2 is 1.90 bits per heavy atom. The predicted octanol–water partition coefficient (Wildman–Crippen LogP) is 2.35. The molecule has 1 saturated carbocycles. The maximum Gasteiger partial charge on any atom is 0.150 e. The number of hydrogen-bond donors (Lipinski definition) is 0. The van der Waals surface area contributed by atoms with Gasteiger partial charge in [-0.1, -0.05) is 6.42 Å². The molecule has 108 valence electrons. The SMILES string of the molecule is CN(c1ccc(C#N)cc1)C1CCCC(S(C)(=O)=O)C1. The molecule has 1 aliphatic carbocycles. The zero-order valence-corrected chi connectivity index (χ0v) is 12.7. The highest BCUT2D eigenvalue weighted by Gasteiger charge is 2.30. The number of anilines is 1. The molecule has 0 saturated heterocycles. The molecular weight excluding hydrogens is 272 g/mol. The van der Waals surface area contributed by atoms with Crippen molar-refractivity contribution in [3.05, 3.63) is 29.8 Å². The van der Waals surface area contributed by atoms with E-state index in [1.54, 1.807) is 12.1 Å². The molecule has 0 aliphatic heterocycles. The highest BCUT2D eigenvalue weighted by molar-refractivity contribution is 7.91. The highest BCUT2D eigenvalue weighted by Crippen LogP contribution is 2.29. The van der Waals surface area contributed by atoms with E-state index < -0.39 is 9.84 Å². The van der Waals surface area contributed by atoms with Gasteiger partial charge in [0.15, 0.2) is 0 Å². The van der Waals surface area contributed by atoms with Crippen molar-refractivity contribution in [1.29, 1.82) is 5.26 Å². The summed E-state index contributed by atoms with van der Waals surface area (Å²) >= 11 is 0. The summed E-state index contributed by atoms with van der Waals surface area (Å²) < 4.78 is 23.4. The van der Waals surface area contributed by atoms with E-state index >= 15 is 0 Å². The standard InChI is InChI=1S/C15H20N2O2S/c1-17(13-8-6-12(11-16)7-9-13)14-4-3-5-15(10-14)20(2,18)19/h6-9,14-15H,3-5,10H2,1-2H3. The number of rotatable bonds is 3. The van der Waals surface area contributed by atoms with Gasteiger partial charge in [0.2, 0.25) is 0 Å². The van der Waals surface area contributed by atoms with Crippen molar-refractivity contribution >= 4 is 15.5 Å². The van der Waals surface area contributed by atoms with Crippen LogP contribution in [0.25, 0.3) is 0 Å². The van der Waals surface area contributed by atoms with Gasteiger partial charge in [0.25, 0.3) is 0 Å². The first kappa shape index (κ1) is 14.9. The molecular formula is C15H20N2O2S. The molecule has 0 spiro atoms. The Morgan fingerprint density at radius 3 is 2.45 bits per heavy atom. The van der Waals surface area contributed by atoms with Gasteiger partial charge < -0.3 is 4.90 Å². The molecule has 1 aliphatic rings. The van der Waals surface area contributed by atoms with Crippen LogP contribution in [-0.2, 0) is 9.84 Å². The normalized spacial score (nSPS) is 23.1. The van der Waals surface area contributed by atoms with Crippen LogP contribution in [0.15, 0.2) is 24.3 Å². The quantitative estimate of drug-likeness (QED) is 0.858. The Labute approximate surface area is 120 Å². The average molecular weight is 292 g/mol. The highest BCUT2D eigenvalue weighted by atomic mass is 32.2. The van der Waals surface area contributed by atoms with Crippen molar-refractivity contribution in [3.8, 4) is 6.07 Å². The molecule has 0 heterocycles. The van der Waals surface area contributed by atoms with E-state index in [1.807, 2.05) is 19.2 Å². The van der Waals surface area contributed by atoms with Crippen LogP contribution in [0.2, 0.25) is 0 Å². The molecule has 0 N–H and O–H groups in total. The minimum atomic E-state index is -2.95. The van der Waals surface area contributed by atoms with Gasteiger partial charge in [0.05, 0.1) is 16.9 Å². The number of nitrogens with zero attached hydrogens (tertiary/aromatic N) is 2. The van der Waals surface area contributed by atoms with E-state index in [0.29, 0.717) is 12.0 Å². The lowest BCUT2D eigenvalue weighted by atomic mass is 9.93. The summed E-state index contributed by atoms with van der Waals surface area (Å²) in [6, 6.07) is 9.78. The van der Waals surface area contributed by atoms with Gasteiger partial charge in [-0.2, -0.15) is 5.26 Å². The molecule has 2 atom stereocenters. The second-order valence-electron chi connectivity index (χ2n) is 5.54. The Balaban J connectivity index is 2.12. The van der Waals surface area contributed by atoms with Crippen molar-refractivity contribution in [2.45, 2.75) is 37.0 Å². The number of hydrogen-bond acceptors (Lipinski definition) is 4. The molecule has 0 aromatic heterocycles. The maximum atomic E-state index is 11.7. The molecule has 0 radical (unpaired) electrons. The second-order valence-corrected chi connectivity index (χ2v) is 7.87. The Morgan fingerprint density at radius 1 is 1.25 bits per heavy atom. The summed E-state index contributed by atoms with van der Waals surface area (Å²) in [6.45, 7) is 0. The molecule has 0 amide bonds. The largest absolute Gasteiger partial charge is 0.372 e. The first-order chi connectivity index (χ1) is 9.41. The van der Waals surface area contributed by atoms with Crippen LogP contribution in [-0.4, -0.2) is 33.0 Å². The van der Waals surface area contributed by atoms with E-state index in [2.05, 4.69) is 11.0 Å². The number of nitriles is 1. The second kappa shape index (κ2) is 5.84. The lowest BCUT2D eigenvalue weighted by Gasteiger charge is -2.36. The van der Waals surface area contributed by atoms with E-state index in [4.69, 9.17) is 5.26 Å². The molecule has 1 fully saturated rings. The summed E-state index contributed by atoms with van der Waals surface area (Å²) in [7, 11) is -0.958. The molecule has 20 heavy (non-hydrogen) atoms. The van der Waals surface area contributed by atoms with Crippen LogP contribution in [0.3, 0.4) is 0 Å². The molecule has 1 aromatic rings. The minimum absolute atomic E-state index is 0.220. The fourth-order valence-electron chi connectivity index (χ4n) is 2.84. The van der Waals surface area contributed by atoms with Crippen molar-refractivity contribution < 1.29 is 8.42 Å². The van der Waals surface area contributed by atoms with Gasteiger partial charge in [-0.15, -0.1) is 0 Å². The van der Waals surface area contributed by atoms with E-state index in [1.165, 1.54) is 6.26 Å². The Hall–Kier alpha value is -1.54. The zero-order valence-electron chi connectivity index (χ0n) is 11.9. The Kier molecular flexibility index (Phi) is 4.34. The fraction of sp³-hybridized carbons (Fsp3) is 0.533. The third-order valence-corrected chi connectivity index (χ3v) is 5.79. The zero-order chi connectivity index (χ0) is 14.8. The van der Waals surface area contributed by atoms with Crippen LogP contribution in [0.1, 0.15) is 31.2 Å². The molecule has 2 rings (SSSR count). The van der Waals surface area contributed by atoms with E-state index in [-0.39, 0.29) is 11.3 Å². The van der Waals surface area contributed by atoms with E-state index in [9.17, 15) is 8.42 Å². The predicted molar refractivity (Wildman–Crippen MR) is 80.4 cm³/mol. The summed E-state index contributed by atoms with van der Waals surface area (Å²) in [6.07, 6.45) is 4.76. The summed E-state index contributed by atoms with van der Waals surface area (Å²) in [4.78, 5) is 2.14. The van der Waals surface area contributed by atoms with Gasteiger partial charge in [0, 0.05) is 25.0 Å². The molecule has 5 heteroatoms. The van der Waals surface area contributed by atoms with Crippen LogP contribution in [0.5, 0.6) is 0 Å². The summed E-state index contributed by atoms with van der Waals surface area (Å²) in [5.41, 5.74) is 1.67. The Bertz CT molecular complexity index is 602.